The maximum Gasteiger partial charge on any atom is 0.317 e. The molecule has 0 aromatic carbocycles. The van der Waals surface area contributed by atoms with Crippen LogP contribution in [-0.2, 0) is 0 Å². The fraction of sp³-hybridized carbons (Fsp3) is 0.286. The number of pyridine rings is 3. The molecule has 166 valence electrons. The normalized spacial score (nSPS) is 15.7. The highest BCUT2D eigenvalue weighted by atomic mass is 35.5. The summed E-state index contributed by atoms with van der Waals surface area (Å²) in [6.07, 6.45) is 6.43. The lowest BCUT2D eigenvalue weighted by Gasteiger charge is -2.20. The van der Waals surface area contributed by atoms with Crippen molar-refractivity contribution in [3.05, 3.63) is 62.8 Å². The molecule has 1 atom stereocenters. The van der Waals surface area contributed by atoms with Crippen LogP contribution in [0, 0.1) is 0 Å². The van der Waals surface area contributed by atoms with Gasteiger partial charge in [0.15, 0.2) is 0 Å². The summed E-state index contributed by atoms with van der Waals surface area (Å²) in [6, 6.07) is 2.98. The number of likely N-dealkylation sites (tertiary alicyclic amines) is 1. The Morgan fingerprint density at radius 3 is 2.72 bits per heavy atom. The molecule has 11 heteroatoms. The molecule has 0 saturated carbocycles. The predicted molar refractivity (Wildman–Crippen MR) is 123 cm³/mol. The van der Waals surface area contributed by atoms with Crippen LogP contribution in [0.25, 0.3) is 11.0 Å². The van der Waals surface area contributed by atoms with Gasteiger partial charge in [-0.05, 0) is 25.5 Å². The number of urea groups is 1. The Bertz CT molecular complexity index is 1240. The molecule has 1 unspecified atom stereocenters. The second-order valence-electron chi connectivity index (χ2n) is 7.31. The van der Waals surface area contributed by atoms with E-state index in [1.807, 2.05) is 6.92 Å². The van der Waals surface area contributed by atoms with Crippen molar-refractivity contribution in [2.45, 2.75) is 19.4 Å². The van der Waals surface area contributed by atoms with Crippen molar-refractivity contribution in [3.8, 4) is 0 Å². The van der Waals surface area contributed by atoms with Gasteiger partial charge in [0.2, 0.25) is 5.43 Å². The molecule has 3 amide bonds. The number of amides is 3. The quantitative estimate of drug-likeness (QED) is 0.602. The molecular weight excluding hydrogens is 455 g/mol. The Labute approximate surface area is 193 Å². The van der Waals surface area contributed by atoms with E-state index < -0.39 is 11.3 Å². The standard InChI is InChI=1S/C21H20Cl2N6O3/c1-2-25-21(32)28-7-5-12(10-28)29-11-14(18(30)13-4-3-6-26-19(13)29)20(31)27-17-15(22)8-24-9-16(17)23/h3-4,6,8-9,11-12H,2,5,7,10H2,1H3,(H,25,32)(H,24,27,31). The molecule has 32 heavy (non-hydrogen) atoms. The molecular formula is C21H20Cl2N6O3. The molecule has 1 fully saturated rings. The fourth-order valence-corrected chi connectivity index (χ4v) is 4.21. The van der Waals surface area contributed by atoms with Gasteiger partial charge in [-0.2, -0.15) is 0 Å². The zero-order valence-electron chi connectivity index (χ0n) is 17.1. The topological polar surface area (TPSA) is 109 Å². The van der Waals surface area contributed by atoms with Gasteiger partial charge in [0.05, 0.1) is 27.2 Å². The third-order valence-corrected chi connectivity index (χ3v) is 5.87. The van der Waals surface area contributed by atoms with Gasteiger partial charge in [0, 0.05) is 44.4 Å². The number of halogens is 2. The van der Waals surface area contributed by atoms with E-state index in [2.05, 4.69) is 20.6 Å². The number of hydrogen-bond acceptors (Lipinski definition) is 5. The third-order valence-electron chi connectivity index (χ3n) is 5.30. The van der Waals surface area contributed by atoms with Crippen molar-refractivity contribution in [1.82, 2.24) is 24.8 Å². The van der Waals surface area contributed by atoms with Gasteiger partial charge in [-0.25, -0.2) is 9.78 Å². The summed E-state index contributed by atoms with van der Waals surface area (Å²) in [7, 11) is 0. The third kappa shape index (κ3) is 4.13. The minimum atomic E-state index is -0.650. The summed E-state index contributed by atoms with van der Waals surface area (Å²) in [5, 5.41) is 6.02. The number of nitrogens with one attached hydrogen (secondary N) is 2. The summed E-state index contributed by atoms with van der Waals surface area (Å²) >= 11 is 12.2. The Hall–Kier alpha value is -3.17. The molecule has 0 bridgehead atoms. The number of nitrogens with zero attached hydrogens (tertiary/aromatic N) is 4. The number of carbonyl (C=O) groups is 2. The molecule has 1 saturated heterocycles. The van der Waals surface area contributed by atoms with Gasteiger partial charge in [-0.15, -0.1) is 0 Å². The van der Waals surface area contributed by atoms with Crippen molar-refractivity contribution in [3.63, 3.8) is 0 Å². The molecule has 2 N–H and O–H groups in total. The summed E-state index contributed by atoms with van der Waals surface area (Å²) in [6.45, 7) is 3.38. The maximum absolute atomic E-state index is 13.1. The monoisotopic (exact) mass is 474 g/mol. The average Bonchev–Trinajstić information content (AvgIpc) is 3.27. The highest BCUT2D eigenvalue weighted by Gasteiger charge is 2.29. The SMILES string of the molecule is CCNC(=O)N1CCC(n2cc(C(=O)Nc3c(Cl)cncc3Cl)c(=O)c3cccnc32)C1. The van der Waals surface area contributed by atoms with Gasteiger partial charge < -0.3 is 20.1 Å². The Morgan fingerprint density at radius 2 is 2.00 bits per heavy atom. The first-order chi connectivity index (χ1) is 15.4. The van der Waals surface area contributed by atoms with Crippen molar-refractivity contribution >= 4 is 51.9 Å². The zero-order valence-corrected chi connectivity index (χ0v) is 18.7. The zero-order chi connectivity index (χ0) is 22.8. The molecule has 4 rings (SSSR count). The largest absolute Gasteiger partial charge is 0.338 e. The Kier molecular flexibility index (Phi) is 6.29. The average molecular weight is 475 g/mol. The molecule has 9 nitrogen and oxygen atoms in total. The molecule has 4 heterocycles. The second-order valence-corrected chi connectivity index (χ2v) is 8.12. The smallest absolute Gasteiger partial charge is 0.317 e. The fourth-order valence-electron chi connectivity index (χ4n) is 3.75. The van der Waals surface area contributed by atoms with Crippen LogP contribution in [0.5, 0.6) is 0 Å². The van der Waals surface area contributed by atoms with Crippen LogP contribution in [-0.4, -0.2) is 51.0 Å². The van der Waals surface area contributed by atoms with E-state index in [9.17, 15) is 14.4 Å². The highest BCUT2D eigenvalue weighted by Crippen LogP contribution is 2.29. The van der Waals surface area contributed by atoms with Gasteiger partial charge >= 0.3 is 6.03 Å². The lowest BCUT2D eigenvalue weighted by molar-refractivity contribution is 0.102. The molecule has 3 aromatic rings. The van der Waals surface area contributed by atoms with Gasteiger partial charge in [-0.3, -0.25) is 14.6 Å². The van der Waals surface area contributed by atoms with Crippen molar-refractivity contribution < 1.29 is 9.59 Å². The van der Waals surface area contributed by atoms with E-state index in [4.69, 9.17) is 23.2 Å². The second kappa shape index (κ2) is 9.13. The molecule has 3 aromatic heterocycles. The molecule has 1 aliphatic rings. The van der Waals surface area contributed by atoms with Crippen LogP contribution in [0.1, 0.15) is 29.7 Å². The van der Waals surface area contributed by atoms with Crippen LogP contribution in [0.4, 0.5) is 10.5 Å². The van der Waals surface area contributed by atoms with Crippen LogP contribution >= 0.6 is 23.2 Å². The predicted octanol–water partition coefficient (Wildman–Crippen LogP) is 3.33. The van der Waals surface area contributed by atoms with E-state index in [0.717, 1.165) is 0 Å². The van der Waals surface area contributed by atoms with E-state index in [1.54, 1.807) is 27.8 Å². The first-order valence-electron chi connectivity index (χ1n) is 10.0. The number of aromatic nitrogens is 3. The first-order valence-corrected chi connectivity index (χ1v) is 10.8. The maximum atomic E-state index is 13.1. The lowest BCUT2D eigenvalue weighted by Crippen LogP contribution is -2.38. The van der Waals surface area contributed by atoms with Crippen molar-refractivity contribution in [2.75, 3.05) is 25.0 Å². The summed E-state index contributed by atoms with van der Waals surface area (Å²) in [5.74, 6) is -0.650. The van der Waals surface area contributed by atoms with Crippen LogP contribution < -0.4 is 16.1 Å². The van der Waals surface area contributed by atoms with Crippen LogP contribution in [0.15, 0.2) is 41.7 Å². The van der Waals surface area contributed by atoms with Gasteiger partial charge in [0.1, 0.15) is 11.2 Å². The van der Waals surface area contributed by atoms with Crippen LogP contribution in [0.2, 0.25) is 10.0 Å². The molecule has 0 radical (unpaired) electrons. The number of hydrogen-bond donors (Lipinski definition) is 2. The summed E-state index contributed by atoms with van der Waals surface area (Å²) in [5.41, 5.74) is 0.0956. The first kappa shape index (κ1) is 22.0. The van der Waals surface area contributed by atoms with Crippen molar-refractivity contribution in [2.24, 2.45) is 0 Å². The lowest BCUT2D eigenvalue weighted by atomic mass is 10.1. The van der Waals surface area contributed by atoms with E-state index in [0.29, 0.717) is 37.1 Å². The Morgan fingerprint density at radius 1 is 1.25 bits per heavy atom. The molecule has 0 spiro atoms. The molecule has 0 aliphatic carbocycles. The van der Waals surface area contributed by atoms with Crippen molar-refractivity contribution in [1.29, 1.82) is 0 Å². The van der Waals surface area contributed by atoms with Gasteiger partial charge in [0.25, 0.3) is 5.91 Å². The van der Waals surface area contributed by atoms with E-state index in [-0.39, 0.29) is 33.4 Å². The van der Waals surface area contributed by atoms with Gasteiger partial charge in [-0.1, -0.05) is 23.2 Å². The number of anilines is 1. The number of rotatable bonds is 4. The summed E-state index contributed by atoms with van der Waals surface area (Å²) in [4.78, 5) is 48.3. The van der Waals surface area contributed by atoms with E-state index in [1.165, 1.54) is 18.6 Å². The van der Waals surface area contributed by atoms with E-state index >= 15 is 0 Å². The number of fused-ring (bicyclic) bond motifs is 1. The minimum Gasteiger partial charge on any atom is -0.338 e. The highest BCUT2D eigenvalue weighted by molar-refractivity contribution is 6.39. The molecule has 1 aliphatic heterocycles. The Balaban J connectivity index is 1.74. The summed E-state index contributed by atoms with van der Waals surface area (Å²) < 4.78 is 1.79. The van der Waals surface area contributed by atoms with Crippen LogP contribution in [0.3, 0.4) is 0 Å². The number of carbonyl (C=O) groups excluding carboxylic acids is 2. The minimum absolute atomic E-state index is 0.0779.